The topological polar surface area (TPSA) is 55.8 Å². The molecular weight excluding hydrogens is 392 g/mol. The highest BCUT2D eigenvalue weighted by Crippen LogP contribution is 2.28. The van der Waals surface area contributed by atoms with Crippen LogP contribution in [0.25, 0.3) is 0 Å². The van der Waals surface area contributed by atoms with E-state index in [9.17, 15) is 0 Å². The van der Waals surface area contributed by atoms with Gasteiger partial charge in [-0.3, -0.25) is 10.4 Å². The zero-order valence-corrected chi connectivity index (χ0v) is 17.4. The number of rotatable bonds is 2. The van der Waals surface area contributed by atoms with Gasteiger partial charge in [0.2, 0.25) is 0 Å². The molecule has 2 N–H and O–H groups in total. The number of aryl methyl sites for hydroxylation is 1. The quantitative estimate of drug-likeness (QED) is 0.581. The van der Waals surface area contributed by atoms with Crippen LogP contribution in [0.15, 0.2) is 41.6 Å². The lowest BCUT2D eigenvalue weighted by molar-refractivity contribution is 0.381. The van der Waals surface area contributed by atoms with Crippen molar-refractivity contribution in [2.45, 2.75) is 13.3 Å². The van der Waals surface area contributed by atoms with Crippen LogP contribution in [0.4, 0.5) is 11.4 Å². The number of piperazine rings is 1. The van der Waals surface area contributed by atoms with Gasteiger partial charge in [-0.25, -0.2) is 0 Å². The minimum Gasteiger partial charge on any atom is -0.382 e. The molecule has 2 aromatic rings. The van der Waals surface area contributed by atoms with E-state index in [1.165, 1.54) is 11.3 Å². The number of nitrogens with one attached hydrogen (secondary N) is 2. The van der Waals surface area contributed by atoms with Gasteiger partial charge < -0.3 is 15.1 Å². The van der Waals surface area contributed by atoms with Gasteiger partial charge in [-0.1, -0.05) is 23.7 Å². The van der Waals surface area contributed by atoms with Gasteiger partial charge in [-0.05, 0) is 42.9 Å². The summed E-state index contributed by atoms with van der Waals surface area (Å²) < 4.78 is 0. The summed E-state index contributed by atoms with van der Waals surface area (Å²) in [5.74, 6) is 0. The Balaban J connectivity index is 1.37. The minimum atomic E-state index is 0.651. The third-order valence-corrected chi connectivity index (χ3v) is 5.72. The van der Waals surface area contributed by atoms with Crippen LogP contribution in [-0.4, -0.2) is 53.4 Å². The van der Waals surface area contributed by atoms with Gasteiger partial charge in [-0.2, -0.15) is 5.10 Å². The number of anilines is 2. The number of halogens is 1. The van der Waals surface area contributed by atoms with Crippen molar-refractivity contribution in [2.24, 2.45) is 5.10 Å². The van der Waals surface area contributed by atoms with E-state index < -0.39 is 0 Å². The van der Waals surface area contributed by atoms with Gasteiger partial charge in [0.05, 0.1) is 16.4 Å². The molecule has 0 amide bonds. The first-order chi connectivity index (χ1) is 13.6. The van der Waals surface area contributed by atoms with Crippen LogP contribution in [0.3, 0.4) is 0 Å². The molecule has 28 heavy (non-hydrogen) atoms. The van der Waals surface area contributed by atoms with Crippen molar-refractivity contribution in [2.75, 3.05) is 42.9 Å². The van der Waals surface area contributed by atoms with E-state index in [4.69, 9.17) is 23.8 Å². The second kappa shape index (κ2) is 8.32. The number of hydrogen-bond donors (Lipinski definition) is 2. The summed E-state index contributed by atoms with van der Waals surface area (Å²) in [4.78, 5) is 8.98. The molecule has 1 aromatic carbocycles. The third-order valence-electron chi connectivity index (χ3n) is 5.06. The molecule has 6 nitrogen and oxygen atoms in total. The molecule has 0 saturated carbocycles. The lowest BCUT2D eigenvalue weighted by Crippen LogP contribution is -2.51. The van der Waals surface area contributed by atoms with E-state index in [1.54, 1.807) is 12.3 Å². The molecule has 8 heteroatoms. The van der Waals surface area contributed by atoms with Gasteiger partial charge in [-0.15, -0.1) is 0 Å². The summed E-state index contributed by atoms with van der Waals surface area (Å²) in [7, 11) is 0. The van der Waals surface area contributed by atoms with Crippen LogP contribution in [0.5, 0.6) is 0 Å². The Morgan fingerprint density at radius 1 is 1.25 bits per heavy atom. The van der Waals surface area contributed by atoms with Crippen molar-refractivity contribution in [3.8, 4) is 0 Å². The number of nitrogens with zero attached hydrogens (tertiary/aromatic N) is 4. The molecule has 4 rings (SSSR count). The van der Waals surface area contributed by atoms with Crippen LogP contribution in [-0.2, 0) is 0 Å². The highest BCUT2D eigenvalue weighted by Gasteiger charge is 2.21. The molecule has 2 aliphatic rings. The average Bonchev–Trinajstić information content (AvgIpc) is 2.72. The second-order valence-electron chi connectivity index (χ2n) is 6.98. The number of fused-ring (bicyclic) bond motifs is 1. The molecule has 1 saturated heterocycles. The van der Waals surface area contributed by atoms with Gasteiger partial charge in [0.1, 0.15) is 5.69 Å². The van der Waals surface area contributed by atoms with E-state index in [1.807, 2.05) is 0 Å². The Bertz CT molecular complexity index is 907. The average molecular weight is 415 g/mol. The Hall–Kier alpha value is -2.38. The Morgan fingerprint density at radius 3 is 2.86 bits per heavy atom. The van der Waals surface area contributed by atoms with Crippen LogP contribution in [0.2, 0.25) is 5.02 Å². The lowest BCUT2D eigenvalue weighted by Gasteiger charge is -2.37. The highest BCUT2D eigenvalue weighted by molar-refractivity contribution is 7.80. The van der Waals surface area contributed by atoms with Gasteiger partial charge in [0, 0.05) is 51.0 Å². The SMILES string of the molecule is Cc1cccc(N2CCN(C(=S)N/N=C3/CCNc4c(Cl)ccnc43)CC2)c1. The largest absolute Gasteiger partial charge is 0.382 e. The van der Waals surface area contributed by atoms with Crippen LogP contribution < -0.4 is 15.6 Å². The summed E-state index contributed by atoms with van der Waals surface area (Å²) in [5.41, 5.74) is 8.12. The standard InChI is InChI=1S/C20H23ClN6S/c1-14-3-2-4-15(13-14)26-9-11-27(12-10-26)20(28)25-24-17-6-8-22-18-16(21)5-7-23-19(17)18/h2-5,7,13,22H,6,8-12H2,1H3,(H,25,28)/b24-17-. The van der Waals surface area contributed by atoms with Crippen molar-refractivity contribution in [1.29, 1.82) is 0 Å². The maximum Gasteiger partial charge on any atom is 0.189 e. The van der Waals surface area contributed by atoms with Crippen molar-refractivity contribution < 1.29 is 0 Å². The predicted octanol–water partition coefficient (Wildman–Crippen LogP) is 3.26. The Morgan fingerprint density at radius 2 is 2.07 bits per heavy atom. The first kappa shape index (κ1) is 19.0. The Kier molecular flexibility index (Phi) is 5.64. The molecule has 0 spiro atoms. The fraction of sp³-hybridized carbons (Fsp3) is 0.350. The fourth-order valence-electron chi connectivity index (χ4n) is 3.54. The number of benzene rings is 1. The number of hydrogen-bond acceptors (Lipinski definition) is 5. The molecule has 1 fully saturated rings. The molecule has 1 aromatic heterocycles. The molecule has 0 unspecified atom stereocenters. The minimum absolute atomic E-state index is 0.651. The number of thiocarbonyl (C=S) groups is 1. The summed E-state index contributed by atoms with van der Waals surface area (Å²) in [6.45, 7) is 6.51. The maximum atomic E-state index is 6.25. The van der Waals surface area contributed by atoms with Crippen LogP contribution >= 0.6 is 23.8 Å². The second-order valence-corrected chi connectivity index (χ2v) is 7.78. The Labute approximate surface area is 175 Å². The monoisotopic (exact) mass is 414 g/mol. The zero-order chi connectivity index (χ0) is 19.5. The molecule has 3 heterocycles. The van der Waals surface area contributed by atoms with Crippen LogP contribution in [0.1, 0.15) is 17.7 Å². The van der Waals surface area contributed by atoms with Crippen LogP contribution in [0, 0.1) is 6.92 Å². The molecule has 0 radical (unpaired) electrons. The normalized spacial score (nSPS) is 17.9. The molecular formula is C20H23ClN6S. The zero-order valence-electron chi connectivity index (χ0n) is 15.8. The number of aromatic nitrogens is 1. The molecule has 0 aliphatic carbocycles. The van der Waals surface area contributed by atoms with E-state index in [0.717, 1.165) is 56.2 Å². The number of pyridine rings is 1. The molecule has 0 atom stereocenters. The van der Waals surface area contributed by atoms with Gasteiger partial charge in [0.15, 0.2) is 5.11 Å². The summed E-state index contributed by atoms with van der Waals surface area (Å²) in [6, 6.07) is 10.4. The third kappa shape index (κ3) is 4.05. The number of hydrazone groups is 1. The van der Waals surface area contributed by atoms with Crippen molar-refractivity contribution in [3.05, 3.63) is 52.8 Å². The van der Waals surface area contributed by atoms with Crippen molar-refractivity contribution in [1.82, 2.24) is 15.3 Å². The summed E-state index contributed by atoms with van der Waals surface area (Å²) in [5, 5.41) is 9.13. The van der Waals surface area contributed by atoms with E-state index >= 15 is 0 Å². The van der Waals surface area contributed by atoms with Gasteiger partial charge >= 0.3 is 0 Å². The van der Waals surface area contributed by atoms with Crippen molar-refractivity contribution >= 4 is 46.0 Å². The van der Waals surface area contributed by atoms with Crippen molar-refractivity contribution in [3.63, 3.8) is 0 Å². The first-order valence-corrected chi connectivity index (χ1v) is 10.2. The lowest BCUT2D eigenvalue weighted by atomic mass is 10.1. The fourth-order valence-corrected chi connectivity index (χ4v) is 3.98. The van der Waals surface area contributed by atoms with Gasteiger partial charge in [0.25, 0.3) is 0 Å². The first-order valence-electron chi connectivity index (χ1n) is 9.43. The molecule has 2 aliphatic heterocycles. The predicted molar refractivity (Wildman–Crippen MR) is 120 cm³/mol. The van der Waals surface area contributed by atoms with E-state index in [-0.39, 0.29) is 0 Å². The molecule has 146 valence electrons. The smallest absolute Gasteiger partial charge is 0.189 e. The summed E-state index contributed by atoms with van der Waals surface area (Å²) >= 11 is 11.8. The van der Waals surface area contributed by atoms with E-state index in [0.29, 0.717) is 10.1 Å². The molecule has 0 bridgehead atoms. The van der Waals surface area contributed by atoms with E-state index in [2.05, 4.69) is 61.8 Å². The highest BCUT2D eigenvalue weighted by atomic mass is 35.5. The maximum absolute atomic E-state index is 6.25. The summed E-state index contributed by atoms with van der Waals surface area (Å²) in [6.07, 6.45) is 2.48.